The van der Waals surface area contributed by atoms with Gasteiger partial charge >= 0.3 is 0 Å². The summed E-state index contributed by atoms with van der Waals surface area (Å²) < 4.78 is 0. The van der Waals surface area contributed by atoms with E-state index in [0.29, 0.717) is 6.04 Å². The van der Waals surface area contributed by atoms with Gasteiger partial charge in [0.2, 0.25) is 0 Å². The average Bonchev–Trinajstić information content (AvgIpc) is 2.61. The molecule has 1 heterocycles. The molecule has 1 fully saturated rings. The second kappa shape index (κ2) is 9.04. The number of hydrogen-bond donors (Lipinski definition) is 2. The summed E-state index contributed by atoms with van der Waals surface area (Å²) in [5, 5.41) is 12.9. The fourth-order valence-corrected chi connectivity index (χ4v) is 3.23. The van der Waals surface area contributed by atoms with Crippen LogP contribution in [0.2, 0.25) is 0 Å². The predicted octanol–water partition coefficient (Wildman–Crippen LogP) is 3.10. The SMILES string of the molecule is Cl.OCC[C@H](c1cccc(-c2ccccc2)c1)N1CCNCC1. The molecule has 1 saturated heterocycles. The first-order valence-corrected chi connectivity index (χ1v) is 8.09. The quantitative estimate of drug-likeness (QED) is 0.883. The summed E-state index contributed by atoms with van der Waals surface area (Å²) in [6, 6.07) is 19.5. The van der Waals surface area contributed by atoms with Crippen molar-refractivity contribution in [3.05, 3.63) is 60.2 Å². The maximum Gasteiger partial charge on any atom is 0.0449 e. The minimum Gasteiger partial charge on any atom is -0.396 e. The van der Waals surface area contributed by atoms with Crippen LogP contribution in [0.4, 0.5) is 0 Å². The van der Waals surface area contributed by atoms with Gasteiger partial charge in [0.05, 0.1) is 0 Å². The fourth-order valence-electron chi connectivity index (χ4n) is 3.23. The van der Waals surface area contributed by atoms with Crippen LogP contribution in [0.1, 0.15) is 18.0 Å². The van der Waals surface area contributed by atoms with Crippen LogP contribution in [0.3, 0.4) is 0 Å². The van der Waals surface area contributed by atoms with Crippen LogP contribution in [0, 0.1) is 0 Å². The molecule has 0 spiro atoms. The molecule has 0 aliphatic carbocycles. The Morgan fingerprint density at radius 2 is 1.65 bits per heavy atom. The van der Waals surface area contributed by atoms with E-state index in [1.54, 1.807) is 0 Å². The molecule has 1 aliphatic heterocycles. The van der Waals surface area contributed by atoms with Crippen LogP contribution < -0.4 is 5.32 Å². The second-order valence-corrected chi connectivity index (χ2v) is 5.81. The van der Waals surface area contributed by atoms with Crippen molar-refractivity contribution < 1.29 is 5.11 Å². The smallest absolute Gasteiger partial charge is 0.0449 e. The number of nitrogens with one attached hydrogen (secondary N) is 1. The first-order valence-electron chi connectivity index (χ1n) is 8.09. The van der Waals surface area contributed by atoms with Crippen molar-refractivity contribution in [1.29, 1.82) is 0 Å². The lowest BCUT2D eigenvalue weighted by atomic mass is 9.96. The molecule has 124 valence electrons. The van der Waals surface area contributed by atoms with Crippen LogP contribution in [0.5, 0.6) is 0 Å². The molecule has 2 aromatic carbocycles. The number of halogens is 1. The van der Waals surface area contributed by atoms with Crippen molar-refractivity contribution in [3.8, 4) is 11.1 Å². The molecular formula is C19H25ClN2O. The number of rotatable bonds is 5. The number of benzene rings is 2. The first-order chi connectivity index (χ1) is 10.9. The van der Waals surface area contributed by atoms with Crippen LogP contribution in [-0.2, 0) is 0 Å². The molecule has 0 radical (unpaired) electrons. The highest BCUT2D eigenvalue weighted by Crippen LogP contribution is 2.28. The molecular weight excluding hydrogens is 308 g/mol. The van der Waals surface area contributed by atoms with E-state index in [1.165, 1.54) is 16.7 Å². The maximum atomic E-state index is 9.47. The molecule has 0 amide bonds. The Hall–Kier alpha value is -1.39. The van der Waals surface area contributed by atoms with Crippen molar-refractivity contribution >= 4 is 12.4 Å². The Balaban J connectivity index is 0.00000192. The lowest BCUT2D eigenvalue weighted by Gasteiger charge is -2.35. The zero-order valence-corrected chi connectivity index (χ0v) is 14.1. The van der Waals surface area contributed by atoms with Crippen LogP contribution in [-0.4, -0.2) is 42.8 Å². The molecule has 1 aliphatic rings. The van der Waals surface area contributed by atoms with E-state index in [1.807, 2.05) is 6.07 Å². The maximum absolute atomic E-state index is 9.47. The van der Waals surface area contributed by atoms with Gasteiger partial charge in [-0.15, -0.1) is 12.4 Å². The van der Waals surface area contributed by atoms with Gasteiger partial charge in [0.25, 0.3) is 0 Å². The summed E-state index contributed by atoms with van der Waals surface area (Å²) in [7, 11) is 0. The Morgan fingerprint density at radius 1 is 0.957 bits per heavy atom. The Bertz CT molecular complexity index is 585. The molecule has 2 aromatic rings. The Labute approximate surface area is 144 Å². The third kappa shape index (κ3) is 4.55. The normalized spacial score (nSPS) is 16.6. The third-order valence-corrected chi connectivity index (χ3v) is 4.37. The second-order valence-electron chi connectivity index (χ2n) is 5.81. The third-order valence-electron chi connectivity index (χ3n) is 4.37. The topological polar surface area (TPSA) is 35.5 Å². The molecule has 0 saturated carbocycles. The van der Waals surface area contributed by atoms with E-state index in [9.17, 15) is 5.11 Å². The predicted molar refractivity (Wildman–Crippen MR) is 98.0 cm³/mol. The van der Waals surface area contributed by atoms with Gasteiger partial charge in [0.1, 0.15) is 0 Å². The van der Waals surface area contributed by atoms with Gasteiger partial charge in [-0.25, -0.2) is 0 Å². The first kappa shape index (κ1) is 18.0. The van der Waals surface area contributed by atoms with Crippen LogP contribution in [0.25, 0.3) is 11.1 Å². The number of aliphatic hydroxyl groups excluding tert-OH is 1. The summed E-state index contributed by atoms with van der Waals surface area (Å²) in [4.78, 5) is 2.48. The van der Waals surface area contributed by atoms with Gasteiger partial charge in [-0.2, -0.15) is 0 Å². The summed E-state index contributed by atoms with van der Waals surface area (Å²) in [5.74, 6) is 0. The highest BCUT2D eigenvalue weighted by atomic mass is 35.5. The van der Waals surface area contributed by atoms with Crippen molar-refractivity contribution in [2.75, 3.05) is 32.8 Å². The zero-order valence-electron chi connectivity index (χ0n) is 13.3. The largest absolute Gasteiger partial charge is 0.396 e. The highest BCUT2D eigenvalue weighted by Gasteiger charge is 2.21. The fraction of sp³-hybridized carbons (Fsp3) is 0.368. The molecule has 3 nitrogen and oxygen atoms in total. The summed E-state index contributed by atoms with van der Waals surface area (Å²) in [6.45, 7) is 4.37. The molecule has 2 N–H and O–H groups in total. The van der Waals surface area contributed by atoms with Gasteiger partial charge in [0.15, 0.2) is 0 Å². The van der Waals surface area contributed by atoms with E-state index < -0.39 is 0 Å². The standard InChI is InChI=1S/C19H24N2O.ClH/c22-14-9-19(21-12-10-20-11-13-21)18-8-4-7-17(15-18)16-5-2-1-3-6-16;/h1-8,15,19-20,22H,9-14H2;1H/t19-;/m1./s1. The number of piperazine rings is 1. The van der Waals surface area contributed by atoms with E-state index in [4.69, 9.17) is 0 Å². The summed E-state index contributed by atoms with van der Waals surface area (Å²) >= 11 is 0. The van der Waals surface area contributed by atoms with Gasteiger partial charge in [0, 0.05) is 38.8 Å². The Kier molecular flexibility index (Phi) is 7.06. The zero-order chi connectivity index (χ0) is 15.2. The summed E-state index contributed by atoms with van der Waals surface area (Å²) in [6.07, 6.45) is 0.790. The van der Waals surface area contributed by atoms with Crippen molar-refractivity contribution in [1.82, 2.24) is 10.2 Å². The summed E-state index contributed by atoms with van der Waals surface area (Å²) in [5.41, 5.74) is 3.79. The molecule has 1 atom stereocenters. The number of nitrogens with zero attached hydrogens (tertiary/aromatic N) is 1. The molecule has 3 rings (SSSR count). The van der Waals surface area contributed by atoms with Gasteiger partial charge in [-0.05, 0) is 29.2 Å². The number of hydrogen-bond acceptors (Lipinski definition) is 3. The van der Waals surface area contributed by atoms with Gasteiger partial charge < -0.3 is 10.4 Å². The highest BCUT2D eigenvalue weighted by molar-refractivity contribution is 5.85. The van der Waals surface area contributed by atoms with Crippen molar-refractivity contribution in [2.24, 2.45) is 0 Å². The molecule has 4 heteroatoms. The van der Waals surface area contributed by atoms with Crippen LogP contribution >= 0.6 is 12.4 Å². The van der Waals surface area contributed by atoms with Crippen LogP contribution in [0.15, 0.2) is 54.6 Å². The number of aliphatic hydroxyl groups is 1. The minimum absolute atomic E-state index is 0. The minimum atomic E-state index is 0. The molecule has 0 bridgehead atoms. The van der Waals surface area contributed by atoms with Gasteiger partial charge in [-0.1, -0.05) is 48.5 Å². The lowest BCUT2D eigenvalue weighted by Crippen LogP contribution is -2.45. The molecule has 23 heavy (non-hydrogen) atoms. The van der Waals surface area contributed by atoms with Crippen molar-refractivity contribution in [3.63, 3.8) is 0 Å². The monoisotopic (exact) mass is 332 g/mol. The average molecular weight is 333 g/mol. The molecule has 0 aromatic heterocycles. The van der Waals surface area contributed by atoms with E-state index in [-0.39, 0.29) is 19.0 Å². The van der Waals surface area contributed by atoms with Gasteiger partial charge in [-0.3, -0.25) is 4.90 Å². The van der Waals surface area contributed by atoms with E-state index in [2.05, 4.69) is 58.7 Å². The molecule has 0 unspecified atom stereocenters. The van der Waals surface area contributed by atoms with Crippen molar-refractivity contribution in [2.45, 2.75) is 12.5 Å². The Morgan fingerprint density at radius 3 is 2.35 bits per heavy atom. The van der Waals surface area contributed by atoms with E-state index >= 15 is 0 Å². The van der Waals surface area contributed by atoms with E-state index in [0.717, 1.165) is 32.6 Å². The lowest BCUT2D eigenvalue weighted by molar-refractivity contribution is 0.141.